The summed E-state index contributed by atoms with van der Waals surface area (Å²) in [4.78, 5) is 14.2. The lowest BCUT2D eigenvalue weighted by molar-refractivity contribution is -0.127. The number of carbonyl (C=O) groups excluding carboxylic acids is 1. The van der Waals surface area contributed by atoms with E-state index in [4.69, 9.17) is 38.0 Å². The third-order valence-corrected chi connectivity index (χ3v) is 10.2. The van der Waals surface area contributed by atoms with E-state index in [0.29, 0.717) is 56.7 Å². The van der Waals surface area contributed by atoms with Crippen molar-refractivity contribution >= 4 is 23.5 Å². The molecule has 0 unspecified atom stereocenters. The minimum atomic E-state index is -2.64. The number of hydrogen-bond donors (Lipinski definition) is 2. The van der Waals surface area contributed by atoms with E-state index in [9.17, 15) is 4.79 Å². The smallest absolute Gasteiger partial charge is 0.377 e. The van der Waals surface area contributed by atoms with Crippen molar-refractivity contribution in [3.8, 4) is 0 Å². The topological polar surface area (TPSA) is 128 Å². The van der Waals surface area contributed by atoms with Crippen molar-refractivity contribution in [2.75, 3.05) is 68.8 Å². The van der Waals surface area contributed by atoms with Gasteiger partial charge in [-0.3, -0.25) is 4.79 Å². The van der Waals surface area contributed by atoms with E-state index in [0.717, 1.165) is 0 Å². The number of carbonyl (C=O) groups is 1. The zero-order valence-corrected chi connectivity index (χ0v) is 21.8. The first kappa shape index (κ1) is 31.5. The molecule has 0 aliphatic carbocycles. The van der Waals surface area contributed by atoms with Gasteiger partial charge in [-0.05, 0) is 19.8 Å². The highest BCUT2D eigenvalue weighted by Crippen LogP contribution is 2.18. The predicted molar refractivity (Wildman–Crippen MR) is 122 cm³/mol. The van der Waals surface area contributed by atoms with Gasteiger partial charge in [0.2, 0.25) is 5.91 Å². The zero-order valence-electron chi connectivity index (χ0n) is 19.8. The van der Waals surface area contributed by atoms with Crippen molar-refractivity contribution in [3.05, 3.63) is 12.2 Å². The minimum Gasteiger partial charge on any atom is -0.377 e. The van der Waals surface area contributed by atoms with Crippen LogP contribution in [0.2, 0.25) is 12.1 Å². The normalized spacial score (nSPS) is 11.6. The SMILES string of the molecule is C=C(C)C(=O)N(CCC[Si](OC)(OC)OC)CCC[Si](OC)(OC)OC.NCCN. The molecular weight excluding hydrogens is 426 g/mol. The van der Waals surface area contributed by atoms with Crippen molar-refractivity contribution in [2.24, 2.45) is 11.5 Å². The van der Waals surface area contributed by atoms with E-state index in [-0.39, 0.29) is 5.91 Å². The van der Waals surface area contributed by atoms with Crippen molar-refractivity contribution in [3.63, 3.8) is 0 Å². The molecule has 0 aromatic rings. The fraction of sp³-hybridized carbons (Fsp3) is 0.833. The molecule has 0 heterocycles. The summed E-state index contributed by atoms with van der Waals surface area (Å²) in [7, 11) is 4.23. The molecule has 0 rings (SSSR count). The van der Waals surface area contributed by atoms with Crippen LogP contribution in [0.5, 0.6) is 0 Å². The third kappa shape index (κ3) is 11.6. The lowest BCUT2D eigenvalue weighted by Gasteiger charge is -2.28. The quantitative estimate of drug-likeness (QED) is 0.249. The van der Waals surface area contributed by atoms with Gasteiger partial charge >= 0.3 is 17.6 Å². The maximum Gasteiger partial charge on any atom is 0.500 e. The Morgan fingerprint density at radius 1 is 0.767 bits per heavy atom. The summed E-state index contributed by atoms with van der Waals surface area (Å²) in [6.07, 6.45) is 1.42. The van der Waals surface area contributed by atoms with Crippen LogP contribution in [0.1, 0.15) is 19.8 Å². The van der Waals surface area contributed by atoms with Crippen molar-refractivity contribution < 1.29 is 31.4 Å². The average Bonchev–Trinajstić information content (AvgIpc) is 2.78. The molecule has 1 amide bonds. The first-order valence-electron chi connectivity index (χ1n) is 9.86. The fourth-order valence-corrected chi connectivity index (χ4v) is 6.08. The molecule has 0 aromatic heterocycles. The summed E-state index contributed by atoms with van der Waals surface area (Å²) in [6, 6.07) is 1.26. The van der Waals surface area contributed by atoms with Crippen LogP contribution in [-0.4, -0.2) is 97.3 Å². The van der Waals surface area contributed by atoms with Crippen molar-refractivity contribution in [1.29, 1.82) is 0 Å². The van der Waals surface area contributed by atoms with Gasteiger partial charge < -0.3 is 42.9 Å². The van der Waals surface area contributed by atoms with Crippen LogP contribution in [0.3, 0.4) is 0 Å². The Balaban J connectivity index is 0. The summed E-state index contributed by atoms with van der Waals surface area (Å²) >= 11 is 0. The van der Waals surface area contributed by atoms with Crippen LogP contribution in [0, 0.1) is 0 Å². The molecule has 0 bridgehead atoms. The lowest BCUT2D eigenvalue weighted by Crippen LogP contribution is -2.44. The standard InChI is InChI=1S/C16H35NO7Si2.C2H8N2/c1-15(2)16(18)17(11-9-13-25(19-3,20-4)21-5)12-10-14-26(22-6,23-7)24-8;3-1-2-4/h1,9-14H2,2-8H3;1-4H2. The van der Waals surface area contributed by atoms with Crippen LogP contribution in [0.4, 0.5) is 0 Å². The zero-order chi connectivity index (χ0) is 23.6. The fourth-order valence-electron chi connectivity index (χ4n) is 2.67. The Bertz CT molecular complexity index is 421. The van der Waals surface area contributed by atoms with Gasteiger partial charge in [0.25, 0.3) is 0 Å². The Labute approximate surface area is 184 Å². The maximum absolute atomic E-state index is 12.4. The Morgan fingerprint density at radius 2 is 1.07 bits per heavy atom. The molecular formula is C18H43N3O7Si2. The van der Waals surface area contributed by atoms with Crippen molar-refractivity contribution in [2.45, 2.75) is 31.9 Å². The molecule has 0 atom stereocenters. The summed E-state index contributed by atoms with van der Waals surface area (Å²) in [5, 5.41) is 0. The molecule has 0 aliphatic heterocycles. The molecule has 0 saturated carbocycles. The van der Waals surface area contributed by atoms with Crippen LogP contribution in [0.15, 0.2) is 12.2 Å². The third-order valence-electron chi connectivity index (χ3n) is 4.51. The summed E-state index contributed by atoms with van der Waals surface area (Å²) in [5.74, 6) is -0.0657. The highest BCUT2D eigenvalue weighted by molar-refractivity contribution is 6.60. The van der Waals surface area contributed by atoms with Gasteiger partial charge in [0, 0.05) is 86.5 Å². The van der Waals surface area contributed by atoms with E-state index in [1.165, 1.54) is 0 Å². The number of hydrogen-bond acceptors (Lipinski definition) is 9. The Kier molecular flexibility index (Phi) is 18.9. The highest BCUT2D eigenvalue weighted by Gasteiger charge is 2.38. The lowest BCUT2D eigenvalue weighted by atomic mass is 10.2. The van der Waals surface area contributed by atoms with E-state index in [1.807, 2.05) is 0 Å². The highest BCUT2D eigenvalue weighted by atomic mass is 28.4. The Hall–Kier alpha value is -0.676. The molecule has 30 heavy (non-hydrogen) atoms. The number of nitrogens with zero attached hydrogens (tertiary/aromatic N) is 1. The van der Waals surface area contributed by atoms with Crippen molar-refractivity contribution in [1.82, 2.24) is 4.90 Å². The second-order valence-corrected chi connectivity index (χ2v) is 12.6. The Morgan fingerprint density at radius 3 is 1.27 bits per heavy atom. The van der Waals surface area contributed by atoms with Crippen LogP contribution in [0.25, 0.3) is 0 Å². The van der Waals surface area contributed by atoms with Gasteiger partial charge in [-0.2, -0.15) is 0 Å². The number of nitrogens with two attached hydrogens (primary N) is 2. The van der Waals surface area contributed by atoms with E-state index < -0.39 is 17.6 Å². The number of rotatable bonds is 16. The maximum atomic E-state index is 12.4. The van der Waals surface area contributed by atoms with Gasteiger partial charge in [-0.1, -0.05) is 6.58 Å². The molecule has 0 radical (unpaired) electrons. The molecule has 0 aromatic carbocycles. The molecule has 0 aliphatic rings. The van der Waals surface area contributed by atoms with Gasteiger partial charge in [-0.15, -0.1) is 0 Å². The first-order valence-corrected chi connectivity index (χ1v) is 13.7. The summed E-state index contributed by atoms with van der Waals surface area (Å²) in [5.41, 5.74) is 10.3. The van der Waals surface area contributed by atoms with Gasteiger partial charge in [0.15, 0.2) is 0 Å². The van der Waals surface area contributed by atoms with Crippen LogP contribution < -0.4 is 11.5 Å². The first-order chi connectivity index (χ1) is 14.2. The number of amides is 1. The predicted octanol–water partition coefficient (Wildman–Crippen LogP) is 0.831. The molecule has 0 fully saturated rings. The average molecular weight is 470 g/mol. The molecule has 0 saturated heterocycles. The monoisotopic (exact) mass is 469 g/mol. The molecule has 12 heteroatoms. The molecule has 4 N–H and O–H groups in total. The largest absolute Gasteiger partial charge is 0.500 e. The van der Waals surface area contributed by atoms with E-state index in [2.05, 4.69) is 6.58 Å². The van der Waals surface area contributed by atoms with E-state index in [1.54, 1.807) is 54.5 Å². The summed E-state index contributed by atoms with van der Waals surface area (Å²) in [6.45, 7) is 7.81. The second-order valence-electron chi connectivity index (χ2n) is 6.45. The second kappa shape index (κ2) is 17.9. The van der Waals surface area contributed by atoms with E-state index >= 15 is 0 Å². The minimum absolute atomic E-state index is 0.0657. The molecule has 0 spiro atoms. The van der Waals surface area contributed by atoms with Crippen LogP contribution in [-0.2, 0) is 31.4 Å². The van der Waals surface area contributed by atoms with Gasteiger partial charge in [-0.25, -0.2) is 0 Å². The van der Waals surface area contributed by atoms with Gasteiger partial charge in [0.05, 0.1) is 0 Å². The van der Waals surface area contributed by atoms with Crippen LogP contribution >= 0.6 is 0 Å². The summed E-state index contributed by atoms with van der Waals surface area (Å²) < 4.78 is 32.5. The molecule has 10 nitrogen and oxygen atoms in total. The van der Waals surface area contributed by atoms with Gasteiger partial charge in [0.1, 0.15) is 0 Å². The molecule has 180 valence electrons.